The van der Waals surface area contributed by atoms with Gasteiger partial charge in [-0.15, -0.1) is 0 Å². The second-order valence-electron chi connectivity index (χ2n) is 3.69. The fourth-order valence-electron chi connectivity index (χ4n) is 1.40. The minimum atomic E-state index is -0.0189. The van der Waals surface area contributed by atoms with Gasteiger partial charge in [-0.3, -0.25) is 4.79 Å². The predicted octanol–water partition coefficient (Wildman–Crippen LogP) is 3.74. The van der Waals surface area contributed by atoms with Gasteiger partial charge in [0, 0.05) is 15.8 Å². The molecule has 88 valence electrons. The quantitative estimate of drug-likeness (QED) is 0.807. The zero-order valence-electron chi connectivity index (χ0n) is 9.17. The third-order valence-electron chi connectivity index (χ3n) is 2.27. The fraction of sp³-hybridized carbons (Fsp3) is 0.417. The smallest absolute Gasteiger partial charge is 0.252 e. The lowest BCUT2D eigenvalue weighted by Crippen LogP contribution is -2.32. The Labute approximate surface area is 113 Å². The molecule has 1 aromatic carbocycles. The van der Waals surface area contributed by atoms with Crippen LogP contribution in [0.4, 0.5) is 0 Å². The maximum atomic E-state index is 11.9. The number of hydrogen-bond acceptors (Lipinski definition) is 1. The molecule has 0 aliphatic rings. The van der Waals surface area contributed by atoms with Crippen molar-refractivity contribution in [3.8, 4) is 0 Å². The summed E-state index contributed by atoms with van der Waals surface area (Å²) < 4.78 is 0.834. The Balaban J connectivity index is 2.56. The Bertz CT molecular complexity index is 355. The number of benzene rings is 1. The third-order valence-corrected chi connectivity index (χ3v) is 3.52. The van der Waals surface area contributed by atoms with E-state index in [2.05, 4.69) is 37.2 Å². The van der Waals surface area contributed by atoms with Crippen molar-refractivity contribution in [1.82, 2.24) is 5.32 Å². The molecule has 1 aromatic rings. The van der Waals surface area contributed by atoms with Crippen molar-refractivity contribution < 1.29 is 4.79 Å². The Morgan fingerprint density at radius 3 is 2.75 bits per heavy atom. The van der Waals surface area contributed by atoms with Crippen LogP contribution in [0.3, 0.4) is 0 Å². The molecule has 0 radical (unpaired) electrons. The average Bonchev–Trinajstić information content (AvgIpc) is 2.26. The summed E-state index contributed by atoms with van der Waals surface area (Å²) in [5.41, 5.74) is 0.688. The molecule has 1 atom stereocenters. The predicted molar refractivity (Wildman–Crippen MR) is 74.1 cm³/mol. The first-order valence-corrected chi connectivity index (χ1v) is 7.18. The van der Waals surface area contributed by atoms with Crippen molar-refractivity contribution in [2.24, 2.45) is 0 Å². The summed E-state index contributed by atoms with van der Waals surface area (Å²) in [5, 5.41) is 3.96. The molecule has 1 amide bonds. The highest BCUT2D eigenvalue weighted by molar-refractivity contribution is 9.10. The lowest BCUT2D eigenvalue weighted by Gasteiger charge is -2.13. The first-order valence-electron chi connectivity index (χ1n) is 5.26. The van der Waals surface area contributed by atoms with Crippen LogP contribution in [0.25, 0.3) is 0 Å². The highest BCUT2D eigenvalue weighted by atomic mass is 79.9. The van der Waals surface area contributed by atoms with Crippen molar-refractivity contribution in [3.63, 3.8) is 0 Å². The van der Waals surface area contributed by atoms with Crippen LogP contribution in [-0.4, -0.2) is 17.3 Å². The van der Waals surface area contributed by atoms with Gasteiger partial charge < -0.3 is 5.32 Å². The highest BCUT2D eigenvalue weighted by Gasteiger charge is 2.11. The summed E-state index contributed by atoms with van der Waals surface area (Å²) in [6.07, 6.45) is 2.05. The molecular formula is C12H15Br2NO. The molecule has 0 saturated carbocycles. The Hall–Kier alpha value is -0.350. The van der Waals surface area contributed by atoms with Gasteiger partial charge in [-0.2, -0.15) is 0 Å². The second kappa shape index (κ2) is 7.07. The molecule has 16 heavy (non-hydrogen) atoms. The Morgan fingerprint density at radius 2 is 2.12 bits per heavy atom. The molecule has 0 aliphatic heterocycles. The van der Waals surface area contributed by atoms with E-state index < -0.39 is 0 Å². The van der Waals surface area contributed by atoms with E-state index in [-0.39, 0.29) is 11.9 Å². The van der Waals surface area contributed by atoms with Crippen LogP contribution in [0.5, 0.6) is 0 Å². The van der Waals surface area contributed by atoms with E-state index in [4.69, 9.17) is 0 Å². The fourth-order valence-corrected chi connectivity index (χ4v) is 2.19. The highest BCUT2D eigenvalue weighted by Crippen LogP contribution is 2.15. The molecule has 0 heterocycles. The zero-order chi connectivity index (χ0) is 12.0. The molecular weight excluding hydrogens is 334 g/mol. The van der Waals surface area contributed by atoms with E-state index >= 15 is 0 Å². The van der Waals surface area contributed by atoms with Gasteiger partial charge >= 0.3 is 0 Å². The molecule has 1 N–H and O–H groups in total. The number of hydrogen-bond donors (Lipinski definition) is 1. The van der Waals surface area contributed by atoms with Crippen LogP contribution in [0.1, 0.15) is 30.1 Å². The number of alkyl halides is 1. The number of nitrogens with one attached hydrogen (secondary N) is 1. The molecule has 0 aliphatic carbocycles. The van der Waals surface area contributed by atoms with E-state index in [1.165, 1.54) is 0 Å². The summed E-state index contributed by atoms with van der Waals surface area (Å²) in [6, 6.07) is 7.66. The monoisotopic (exact) mass is 347 g/mol. The number of carbonyl (C=O) groups excluding carboxylic acids is 1. The van der Waals surface area contributed by atoms with Crippen LogP contribution >= 0.6 is 31.9 Å². The minimum Gasteiger partial charge on any atom is -0.350 e. The van der Waals surface area contributed by atoms with Gasteiger partial charge in [0.1, 0.15) is 0 Å². The van der Waals surface area contributed by atoms with Crippen molar-refractivity contribution in [1.29, 1.82) is 0 Å². The largest absolute Gasteiger partial charge is 0.350 e. The van der Waals surface area contributed by atoms with Crippen LogP contribution in [-0.2, 0) is 0 Å². The first kappa shape index (κ1) is 13.7. The Kier molecular flexibility index (Phi) is 6.06. The molecule has 2 nitrogen and oxygen atoms in total. The number of carbonyl (C=O) groups is 1. The van der Waals surface area contributed by atoms with Crippen molar-refractivity contribution in [2.75, 3.05) is 5.33 Å². The molecule has 0 bridgehead atoms. The van der Waals surface area contributed by atoms with Gasteiger partial charge in [0.25, 0.3) is 5.91 Å². The number of halogens is 2. The molecule has 1 rings (SSSR count). The molecule has 1 unspecified atom stereocenters. The summed E-state index contributed by atoms with van der Waals surface area (Å²) in [6.45, 7) is 2.03. The summed E-state index contributed by atoms with van der Waals surface area (Å²) >= 11 is 6.75. The maximum Gasteiger partial charge on any atom is 0.252 e. The van der Waals surface area contributed by atoms with Gasteiger partial charge in [0.05, 0.1) is 5.56 Å². The van der Waals surface area contributed by atoms with Gasteiger partial charge in [0.15, 0.2) is 0 Å². The van der Waals surface area contributed by atoms with Crippen LogP contribution in [0, 0.1) is 0 Å². The minimum absolute atomic E-state index is 0.0189. The number of amides is 1. The standard InChI is InChI=1S/C12H15Br2NO/c1-9(5-4-8-13)15-12(16)10-6-2-3-7-11(10)14/h2-3,6-7,9H,4-5,8H2,1H3,(H,15,16). The average molecular weight is 349 g/mol. The molecule has 0 spiro atoms. The van der Waals surface area contributed by atoms with Crippen LogP contribution in [0.2, 0.25) is 0 Å². The van der Waals surface area contributed by atoms with E-state index in [0.29, 0.717) is 5.56 Å². The van der Waals surface area contributed by atoms with Gasteiger partial charge in [-0.05, 0) is 47.8 Å². The van der Waals surface area contributed by atoms with Crippen molar-refractivity contribution in [3.05, 3.63) is 34.3 Å². The molecule has 0 saturated heterocycles. The van der Waals surface area contributed by atoms with E-state index in [9.17, 15) is 4.79 Å². The number of rotatable bonds is 5. The van der Waals surface area contributed by atoms with Gasteiger partial charge in [0.2, 0.25) is 0 Å². The normalized spacial score (nSPS) is 12.2. The van der Waals surface area contributed by atoms with Crippen LogP contribution in [0.15, 0.2) is 28.7 Å². The van der Waals surface area contributed by atoms with Gasteiger partial charge in [-0.25, -0.2) is 0 Å². The summed E-state index contributed by atoms with van der Waals surface area (Å²) in [4.78, 5) is 11.9. The second-order valence-corrected chi connectivity index (χ2v) is 5.33. The SMILES string of the molecule is CC(CCCBr)NC(=O)c1ccccc1Br. The van der Waals surface area contributed by atoms with Crippen molar-refractivity contribution in [2.45, 2.75) is 25.8 Å². The zero-order valence-corrected chi connectivity index (χ0v) is 12.3. The van der Waals surface area contributed by atoms with Crippen LogP contribution < -0.4 is 5.32 Å². The maximum absolute atomic E-state index is 11.9. The summed E-state index contributed by atoms with van der Waals surface area (Å²) in [7, 11) is 0. The Morgan fingerprint density at radius 1 is 1.44 bits per heavy atom. The van der Waals surface area contributed by atoms with Gasteiger partial charge in [-0.1, -0.05) is 28.1 Å². The topological polar surface area (TPSA) is 29.1 Å². The summed E-state index contributed by atoms with van der Waals surface area (Å²) in [5.74, 6) is -0.0189. The molecule has 4 heteroatoms. The first-order chi connectivity index (χ1) is 7.65. The molecule has 0 aromatic heterocycles. The third kappa shape index (κ3) is 4.26. The van der Waals surface area contributed by atoms with Crippen molar-refractivity contribution >= 4 is 37.8 Å². The molecule has 0 fully saturated rings. The van der Waals surface area contributed by atoms with E-state index in [1.54, 1.807) is 0 Å². The lowest BCUT2D eigenvalue weighted by atomic mass is 10.1. The van der Waals surface area contributed by atoms with E-state index in [0.717, 1.165) is 22.6 Å². The van der Waals surface area contributed by atoms with E-state index in [1.807, 2.05) is 31.2 Å². The lowest BCUT2D eigenvalue weighted by molar-refractivity contribution is 0.0937.